The molecule has 1 aromatic rings. The fourth-order valence-corrected chi connectivity index (χ4v) is 2.93. The Morgan fingerprint density at radius 2 is 2.05 bits per heavy atom. The Balaban J connectivity index is 2.11. The molecule has 0 unspecified atom stereocenters. The molecule has 0 atom stereocenters. The van der Waals surface area contributed by atoms with Gasteiger partial charge in [-0.1, -0.05) is 12.1 Å². The lowest BCUT2D eigenvalue weighted by Gasteiger charge is -2.28. The van der Waals surface area contributed by atoms with Crippen LogP contribution in [0, 0.1) is 11.2 Å². The number of allylic oxidation sites excluding steroid dienone is 1. The SMILES string of the molecule is N=C(S/C(C=O)=C\c1cccc(F)c1O)N1CCCCC1. The van der Waals surface area contributed by atoms with Gasteiger partial charge in [0.2, 0.25) is 0 Å². The number of nitrogens with zero attached hydrogens (tertiary/aromatic N) is 1. The molecule has 1 saturated heterocycles. The second kappa shape index (κ2) is 7.26. The molecule has 4 nitrogen and oxygen atoms in total. The van der Waals surface area contributed by atoms with Gasteiger partial charge in [-0.15, -0.1) is 0 Å². The Morgan fingerprint density at radius 1 is 1.33 bits per heavy atom. The van der Waals surface area contributed by atoms with E-state index in [4.69, 9.17) is 5.41 Å². The van der Waals surface area contributed by atoms with E-state index in [0.717, 1.165) is 43.8 Å². The van der Waals surface area contributed by atoms with E-state index in [2.05, 4.69) is 0 Å². The lowest BCUT2D eigenvalue weighted by molar-refractivity contribution is -0.104. The first-order chi connectivity index (χ1) is 10.1. The maximum absolute atomic E-state index is 13.3. The molecule has 0 aromatic heterocycles. The molecule has 1 aliphatic rings. The quantitative estimate of drug-likeness (QED) is 0.389. The van der Waals surface area contributed by atoms with E-state index in [1.807, 2.05) is 4.90 Å². The van der Waals surface area contributed by atoms with E-state index >= 15 is 0 Å². The van der Waals surface area contributed by atoms with Crippen molar-refractivity contribution in [2.45, 2.75) is 19.3 Å². The summed E-state index contributed by atoms with van der Waals surface area (Å²) in [5.74, 6) is -1.22. The van der Waals surface area contributed by atoms with E-state index in [1.165, 1.54) is 24.6 Å². The number of aromatic hydroxyl groups is 1. The molecule has 0 radical (unpaired) electrons. The van der Waals surface area contributed by atoms with Crippen LogP contribution in [-0.4, -0.2) is 34.5 Å². The fraction of sp³-hybridized carbons (Fsp3) is 0.333. The molecule has 6 heteroatoms. The van der Waals surface area contributed by atoms with Crippen molar-refractivity contribution in [2.75, 3.05) is 13.1 Å². The third-order valence-corrected chi connectivity index (χ3v) is 4.19. The van der Waals surface area contributed by atoms with E-state index < -0.39 is 11.6 Å². The molecule has 1 aromatic carbocycles. The van der Waals surface area contributed by atoms with Gasteiger partial charge in [0.05, 0.1) is 4.91 Å². The van der Waals surface area contributed by atoms with E-state index in [-0.39, 0.29) is 10.5 Å². The highest BCUT2D eigenvalue weighted by atomic mass is 32.2. The third-order valence-electron chi connectivity index (χ3n) is 3.29. The maximum atomic E-state index is 13.3. The summed E-state index contributed by atoms with van der Waals surface area (Å²) >= 11 is 1.03. The number of rotatable bonds is 3. The summed E-state index contributed by atoms with van der Waals surface area (Å²) < 4.78 is 13.3. The zero-order valence-corrected chi connectivity index (χ0v) is 12.3. The molecule has 112 valence electrons. The lowest BCUT2D eigenvalue weighted by atomic mass is 10.1. The van der Waals surface area contributed by atoms with Crippen LogP contribution in [0.5, 0.6) is 5.75 Å². The van der Waals surface area contributed by atoms with E-state index in [9.17, 15) is 14.3 Å². The second-order valence-electron chi connectivity index (χ2n) is 4.80. The number of thioether (sulfide) groups is 1. The summed E-state index contributed by atoms with van der Waals surface area (Å²) in [6, 6.07) is 4.13. The first kappa shape index (κ1) is 15.6. The van der Waals surface area contributed by atoms with Gasteiger partial charge in [0.15, 0.2) is 23.0 Å². The minimum absolute atomic E-state index is 0.232. The molecular formula is C15H17FN2O2S. The maximum Gasteiger partial charge on any atom is 0.165 e. The topological polar surface area (TPSA) is 64.4 Å². The van der Waals surface area contributed by atoms with Gasteiger partial charge in [-0.2, -0.15) is 0 Å². The Morgan fingerprint density at radius 3 is 2.71 bits per heavy atom. The van der Waals surface area contributed by atoms with Crippen molar-refractivity contribution in [1.82, 2.24) is 4.90 Å². The number of phenolic OH excluding ortho intramolecular Hbond substituents is 1. The smallest absolute Gasteiger partial charge is 0.165 e. The highest BCUT2D eigenvalue weighted by Gasteiger charge is 2.15. The number of benzene rings is 1. The molecule has 0 saturated carbocycles. The zero-order chi connectivity index (χ0) is 15.2. The number of likely N-dealkylation sites (tertiary alicyclic amines) is 1. The van der Waals surface area contributed by atoms with Crippen molar-refractivity contribution >= 4 is 29.3 Å². The zero-order valence-electron chi connectivity index (χ0n) is 11.5. The van der Waals surface area contributed by atoms with Gasteiger partial charge < -0.3 is 10.0 Å². The predicted molar refractivity (Wildman–Crippen MR) is 82.8 cm³/mol. The number of para-hydroxylation sites is 1. The Kier molecular flexibility index (Phi) is 5.38. The molecule has 1 heterocycles. The molecule has 0 bridgehead atoms. The van der Waals surface area contributed by atoms with Gasteiger partial charge in [-0.3, -0.25) is 10.2 Å². The average Bonchev–Trinajstić information content (AvgIpc) is 2.51. The first-order valence-electron chi connectivity index (χ1n) is 6.77. The molecular weight excluding hydrogens is 291 g/mol. The van der Waals surface area contributed by atoms with Crippen LogP contribution >= 0.6 is 11.8 Å². The Bertz CT molecular complexity index is 569. The van der Waals surface area contributed by atoms with Crippen LogP contribution in [0.3, 0.4) is 0 Å². The molecule has 0 spiro atoms. The predicted octanol–water partition coefficient (Wildman–Crippen LogP) is 3.22. The second-order valence-corrected chi connectivity index (χ2v) is 5.86. The van der Waals surface area contributed by atoms with Crippen molar-refractivity contribution < 1.29 is 14.3 Å². The minimum atomic E-state index is -0.731. The number of nitrogens with one attached hydrogen (secondary N) is 1. The van der Waals surface area contributed by atoms with Gasteiger partial charge >= 0.3 is 0 Å². The molecule has 2 rings (SSSR count). The highest BCUT2D eigenvalue weighted by Crippen LogP contribution is 2.27. The number of amidine groups is 1. The summed E-state index contributed by atoms with van der Waals surface area (Å²) in [4.78, 5) is 13.3. The summed E-state index contributed by atoms with van der Waals surface area (Å²) in [6.45, 7) is 1.65. The van der Waals surface area contributed by atoms with Gasteiger partial charge in [0, 0.05) is 18.7 Å². The number of hydrogen-bond donors (Lipinski definition) is 2. The largest absolute Gasteiger partial charge is 0.504 e. The number of piperidine rings is 1. The molecule has 0 amide bonds. The lowest BCUT2D eigenvalue weighted by Crippen LogP contribution is -2.33. The number of hydrogen-bond acceptors (Lipinski definition) is 4. The van der Waals surface area contributed by atoms with Crippen LogP contribution in [0.1, 0.15) is 24.8 Å². The summed E-state index contributed by atoms with van der Waals surface area (Å²) in [5.41, 5.74) is 0.232. The van der Waals surface area contributed by atoms with Crippen LogP contribution < -0.4 is 0 Å². The molecule has 1 aliphatic heterocycles. The number of carbonyl (C=O) groups is 1. The monoisotopic (exact) mass is 308 g/mol. The fourth-order valence-electron chi connectivity index (χ4n) is 2.16. The summed E-state index contributed by atoms with van der Waals surface area (Å²) in [5, 5.41) is 18.0. The number of halogens is 1. The molecule has 0 aliphatic carbocycles. The Hall–Kier alpha value is -1.82. The molecule has 21 heavy (non-hydrogen) atoms. The normalized spacial score (nSPS) is 15.9. The van der Waals surface area contributed by atoms with E-state index in [0.29, 0.717) is 11.5 Å². The number of aldehydes is 1. The molecule has 1 fully saturated rings. The third kappa shape index (κ3) is 4.07. The van der Waals surface area contributed by atoms with Crippen LogP contribution in [0.25, 0.3) is 6.08 Å². The number of carbonyl (C=O) groups excluding carboxylic acids is 1. The van der Waals surface area contributed by atoms with Crippen LogP contribution in [0.2, 0.25) is 0 Å². The van der Waals surface area contributed by atoms with Gasteiger partial charge in [-0.05, 0) is 43.2 Å². The Labute approximate surface area is 127 Å². The average molecular weight is 308 g/mol. The minimum Gasteiger partial charge on any atom is -0.504 e. The van der Waals surface area contributed by atoms with Crippen molar-refractivity contribution in [1.29, 1.82) is 5.41 Å². The van der Waals surface area contributed by atoms with Crippen LogP contribution in [0.4, 0.5) is 4.39 Å². The summed E-state index contributed by atoms with van der Waals surface area (Å²) in [7, 11) is 0. The van der Waals surface area contributed by atoms with Gasteiger partial charge in [-0.25, -0.2) is 4.39 Å². The van der Waals surface area contributed by atoms with Crippen molar-refractivity contribution in [3.05, 3.63) is 34.5 Å². The van der Waals surface area contributed by atoms with Gasteiger partial charge in [0.1, 0.15) is 0 Å². The number of phenols is 1. The van der Waals surface area contributed by atoms with Crippen LogP contribution in [-0.2, 0) is 4.79 Å². The van der Waals surface area contributed by atoms with Crippen LogP contribution in [0.15, 0.2) is 23.1 Å². The summed E-state index contributed by atoms with van der Waals surface area (Å²) in [6.07, 6.45) is 5.28. The van der Waals surface area contributed by atoms with Gasteiger partial charge in [0.25, 0.3) is 0 Å². The first-order valence-corrected chi connectivity index (χ1v) is 7.59. The van der Waals surface area contributed by atoms with E-state index in [1.54, 1.807) is 0 Å². The van der Waals surface area contributed by atoms with Crippen molar-refractivity contribution in [3.63, 3.8) is 0 Å². The van der Waals surface area contributed by atoms with Crippen molar-refractivity contribution in [3.8, 4) is 5.75 Å². The highest BCUT2D eigenvalue weighted by molar-refractivity contribution is 8.17. The standard InChI is InChI=1S/C15H17FN2O2S/c16-13-6-4-5-11(14(13)20)9-12(10-19)21-15(17)18-7-2-1-3-8-18/h4-6,9-10,17,20H,1-3,7-8H2/b12-9-,17-15?. The van der Waals surface area contributed by atoms with Crippen molar-refractivity contribution in [2.24, 2.45) is 0 Å². The molecule has 2 N–H and O–H groups in total.